The average molecular weight is 555 g/mol. The normalized spacial score (nSPS) is 8.39. The lowest BCUT2D eigenvalue weighted by Crippen LogP contribution is -1.98. The fourth-order valence-electron chi connectivity index (χ4n) is 1.95. The Morgan fingerprint density at radius 2 is 0.833 bits per heavy atom. The zero-order valence-corrected chi connectivity index (χ0v) is 22.5. The van der Waals surface area contributed by atoms with Crippen LogP contribution in [0, 0.1) is 11.3 Å². The minimum Gasteiger partial charge on any atom is -0.398 e. The standard InChI is InChI=1S/C14H30S.C4H7N.4BFH2O2/c1-3-5-6-7-8-9-10-11-12-13-14-15-4-2;1-2-3-4-5;4*2-1(3)4/h3-14H2,1-2H3;2-3H2,1H3;4*3-4H. The number of hydrogen-bond donors (Lipinski definition) is 8. The largest absolute Gasteiger partial charge is 0.674 e. The minimum absolute atomic E-state index is 0.694. The summed E-state index contributed by atoms with van der Waals surface area (Å²) in [5.41, 5.74) is 0. The molecule has 9 nitrogen and oxygen atoms in total. The Bertz CT molecular complexity index is 339. The highest BCUT2D eigenvalue weighted by Gasteiger charge is 1.98. The summed E-state index contributed by atoms with van der Waals surface area (Å²) in [5.74, 6) is 2.67. The average Bonchev–Trinajstić information content (AvgIpc) is 2.71. The van der Waals surface area contributed by atoms with Crippen molar-refractivity contribution in [3.8, 4) is 6.07 Å². The van der Waals surface area contributed by atoms with Crippen LogP contribution in [0.5, 0.6) is 0 Å². The summed E-state index contributed by atoms with van der Waals surface area (Å²) in [7, 11) is -10.7. The fraction of sp³-hybridized carbons (Fsp3) is 0.944. The summed E-state index contributed by atoms with van der Waals surface area (Å²) >= 11 is 2.09. The number of nitrogens with zero attached hydrogens (tertiary/aromatic N) is 1. The van der Waals surface area contributed by atoms with Crippen LogP contribution in [-0.4, -0.2) is 81.3 Å². The van der Waals surface area contributed by atoms with E-state index >= 15 is 0 Å². The monoisotopic (exact) mass is 555 g/mol. The topological polar surface area (TPSA) is 186 Å². The first-order valence-electron chi connectivity index (χ1n) is 11.7. The van der Waals surface area contributed by atoms with Gasteiger partial charge in [0.15, 0.2) is 0 Å². The Morgan fingerprint density at radius 3 is 1.03 bits per heavy atom. The number of halogens is 4. The molecule has 0 rings (SSSR count). The maximum atomic E-state index is 10.1. The molecule has 0 heterocycles. The van der Waals surface area contributed by atoms with E-state index in [2.05, 4.69) is 25.6 Å². The molecule has 0 atom stereocenters. The van der Waals surface area contributed by atoms with Crippen LogP contribution < -0.4 is 0 Å². The Kier molecular flexibility index (Phi) is 69.0. The van der Waals surface area contributed by atoms with E-state index < -0.39 is 29.6 Å². The van der Waals surface area contributed by atoms with Gasteiger partial charge in [0, 0.05) is 6.42 Å². The number of thioether (sulfide) groups is 1. The van der Waals surface area contributed by atoms with Crippen LogP contribution in [0.25, 0.3) is 0 Å². The second-order valence-electron chi connectivity index (χ2n) is 6.53. The maximum Gasteiger partial charge on any atom is 0.674 e. The molecule has 0 aromatic rings. The van der Waals surface area contributed by atoms with Gasteiger partial charge in [-0.1, -0.05) is 78.6 Å². The second-order valence-corrected chi connectivity index (χ2v) is 7.92. The van der Waals surface area contributed by atoms with Crippen molar-refractivity contribution in [1.82, 2.24) is 0 Å². The van der Waals surface area contributed by atoms with E-state index in [1.165, 1.54) is 75.7 Å². The van der Waals surface area contributed by atoms with E-state index in [-0.39, 0.29) is 0 Å². The third kappa shape index (κ3) is 194. The number of unbranched alkanes of at least 4 members (excludes halogenated alkanes) is 10. The lowest BCUT2D eigenvalue weighted by atomic mass is 10.1. The molecule has 0 radical (unpaired) electrons. The van der Waals surface area contributed by atoms with Crippen molar-refractivity contribution in [1.29, 1.82) is 5.26 Å². The van der Waals surface area contributed by atoms with Gasteiger partial charge in [-0.05, 0) is 24.3 Å². The summed E-state index contributed by atoms with van der Waals surface area (Å²) in [6, 6.07) is 2.02. The molecule has 0 aromatic heterocycles. The molecule has 0 amide bonds. The molecule has 8 N–H and O–H groups in total. The van der Waals surface area contributed by atoms with Crippen LogP contribution in [0.15, 0.2) is 0 Å². The fourth-order valence-corrected chi connectivity index (χ4v) is 2.64. The Balaban J connectivity index is -0.0000000878. The highest BCUT2D eigenvalue weighted by atomic mass is 32.2. The number of rotatable bonds is 13. The first-order valence-corrected chi connectivity index (χ1v) is 12.9. The van der Waals surface area contributed by atoms with Gasteiger partial charge in [0.25, 0.3) is 0 Å². The molecule has 36 heavy (non-hydrogen) atoms. The van der Waals surface area contributed by atoms with Crippen molar-refractivity contribution < 1.29 is 57.5 Å². The molecule has 0 aliphatic heterocycles. The van der Waals surface area contributed by atoms with Gasteiger partial charge in [0.05, 0.1) is 6.07 Å². The lowest BCUT2D eigenvalue weighted by molar-refractivity contribution is 0.338. The molecule has 0 aliphatic rings. The summed E-state index contributed by atoms with van der Waals surface area (Å²) in [4.78, 5) is 0. The van der Waals surface area contributed by atoms with Gasteiger partial charge in [-0.25, -0.2) is 0 Å². The molecule has 0 spiro atoms. The van der Waals surface area contributed by atoms with Gasteiger partial charge in [-0.2, -0.15) is 17.0 Å². The van der Waals surface area contributed by atoms with Crippen LogP contribution in [-0.2, 0) is 0 Å². The van der Waals surface area contributed by atoms with Crippen LogP contribution >= 0.6 is 11.8 Å². The van der Waals surface area contributed by atoms with E-state index in [0.29, 0.717) is 6.42 Å². The third-order valence-electron chi connectivity index (χ3n) is 3.21. The minimum atomic E-state index is -2.67. The van der Waals surface area contributed by atoms with Crippen molar-refractivity contribution in [3.05, 3.63) is 0 Å². The molecule has 18 heteroatoms. The first-order chi connectivity index (χ1) is 16.8. The molecular formula is C18H45B4F4NO8S. The SMILES string of the molecule is CCCC#N.CCCCCCCCCCCCSCC.OB(O)F.OB(O)F.OB(O)F.OB(O)F. The quantitative estimate of drug-likeness (QED) is 0.0955. The van der Waals surface area contributed by atoms with Crippen LogP contribution in [0.3, 0.4) is 0 Å². The summed E-state index contributed by atoms with van der Waals surface area (Å²) < 4.78 is 40.4. The van der Waals surface area contributed by atoms with E-state index in [4.69, 9.17) is 45.5 Å². The molecule has 0 fully saturated rings. The van der Waals surface area contributed by atoms with Crippen molar-refractivity contribution in [3.63, 3.8) is 0 Å². The zero-order chi connectivity index (χ0) is 29.6. The van der Waals surface area contributed by atoms with Crippen LogP contribution in [0.4, 0.5) is 17.3 Å². The van der Waals surface area contributed by atoms with E-state index in [0.717, 1.165) is 6.42 Å². The van der Waals surface area contributed by atoms with Gasteiger partial charge in [-0.15, -0.1) is 0 Å². The number of nitriles is 1. The van der Waals surface area contributed by atoms with Gasteiger partial charge >= 0.3 is 29.6 Å². The molecule has 0 aromatic carbocycles. The Morgan fingerprint density at radius 1 is 0.556 bits per heavy atom. The van der Waals surface area contributed by atoms with Gasteiger partial charge in [-0.3, -0.25) is 17.3 Å². The third-order valence-corrected chi connectivity index (χ3v) is 4.19. The molecule has 0 unspecified atom stereocenters. The van der Waals surface area contributed by atoms with Crippen molar-refractivity contribution in [2.24, 2.45) is 0 Å². The van der Waals surface area contributed by atoms with Crippen LogP contribution in [0.2, 0.25) is 0 Å². The predicted molar refractivity (Wildman–Crippen MR) is 141 cm³/mol. The molecule has 0 saturated heterocycles. The van der Waals surface area contributed by atoms with E-state index in [9.17, 15) is 17.3 Å². The van der Waals surface area contributed by atoms with E-state index in [1.807, 2.05) is 13.0 Å². The van der Waals surface area contributed by atoms with Crippen LogP contribution in [0.1, 0.15) is 97.8 Å². The Labute approximate surface area is 219 Å². The smallest absolute Gasteiger partial charge is 0.398 e. The molecule has 0 saturated carbocycles. The zero-order valence-electron chi connectivity index (χ0n) is 21.7. The highest BCUT2D eigenvalue weighted by molar-refractivity contribution is 7.99. The lowest BCUT2D eigenvalue weighted by Gasteiger charge is -2.01. The number of hydrogen-bond acceptors (Lipinski definition) is 10. The van der Waals surface area contributed by atoms with Crippen molar-refractivity contribution in [2.75, 3.05) is 11.5 Å². The van der Waals surface area contributed by atoms with Crippen molar-refractivity contribution in [2.45, 2.75) is 97.8 Å². The van der Waals surface area contributed by atoms with Gasteiger partial charge < -0.3 is 40.2 Å². The Hall–Kier alpha value is -0.500. The van der Waals surface area contributed by atoms with Gasteiger partial charge in [0.2, 0.25) is 0 Å². The summed E-state index contributed by atoms with van der Waals surface area (Å²) in [5, 5.41) is 63.4. The summed E-state index contributed by atoms with van der Waals surface area (Å²) in [6.45, 7) is 6.53. The molecule has 0 bridgehead atoms. The van der Waals surface area contributed by atoms with Crippen molar-refractivity contribution >= 4 is 41.3 Å². The maximum absolute atomic E-state index is 10.1. The first kappa shape index (κ1) is 48.6. The van der Waals surface area contributed by atoms with Gasteiger partial charge in [0.1, 0.15) is 0 Å². The van der Waals surface area contributed by atoms with E-state index in [1.54, 1.807) is 0 Å². The molecular weight excluding hydrogens is 510 g/mol. The summed E-state index contributed by atoms with van der Waals surface area (Å²) in [6.07, 6.45) is 16.2. The molecule has 216 valence electrons. The highest BCUT2D eigenvalue weighted by Crippen LogP contribution is 2.11. The predicted octanol–water partition coefficient (Wildman–Crippen LogP) is 2.67. The second kappa shape index (κ2) is 51.2. The molecule has 0 aliphatic carbocycles.